The van der Waals surface area contributed by atoms with E-state index in [2.05, 4.69) is 57.2 Å². The Balaban J connectivity index is 2.83. The minimum absolute atomic E-state index is 1.12. The summed E-state index contributed by atoms with van der Waals surface area (Å²) >= 11 is 2.27. The molecule has 1 aromatic carbocycles. The van der Waals surface area contributed by atoms with E-state index in [1.165, 1.54) is 11.3 Å². The van der Waals surface area contributed by atoms with Crippen LogP contribution in [0.3, 0.4) is 0 Å². The lowest BCUT2D eigenvalue weighted by molar-refractivity contribution is 1.14. The first-order valence-electron chi connectivity index (χ1n) is 3.72. The van der Waals surface area contributed by atoms with Crippen molar-refractivity contribution in [2.45, 2.75) is 13.3 Å². The van der Waals surface area contributed by atoms with E-state index in [0.717, 1.165) is 6.42 Å². The minimum atomic E-state index is 1.12. The van der Waals surface area contributed by atoms with E-state index in [-0.39, 0.29) is 0 Å². The van der Waals surface area contributed by atoms with Crippen molar-refractivity contribution in [1.29, 1.82) is 0 Å². The van der Waals surface area contributed by atoms with Crippen molar-refractivity contribution in [3.8, 4) is 0 Å². The highest BCUT2D eigenvalue weighted by molar-refractivity contribution is 14.1. The summed E-state index contributed by atoms with van der Waals surface area (Å²) in [5, 5.41) is 0. The largest absolute Gasteiger partial charge is 0.318 e. The van der Waals surface area contributed by atoms with Gasteiger partial charge in [-0.05, 0) is 24.1 Å². The highest BCUT2D eigenvalue weighted by atomic mass is 127. The summed E-state index contributed by atoms with van der Waals surface area (Å²) in [6.45, 7) is 2.17. The summed E-state index contributed by atoms with van der Waals surface area (Å²) in [5.74, 6) is 0. The van der Waals surface area contributed by atoms with E-state index in [9.17, 15) is 0 Å². The number of anilines is 1. The molecule has 0 aliphatic heterocycles. The lowest BCUT2D eigenvalue weighted by Gasteiger charge is -2.09. The molecule has 2 heteroatoms. The first-order valence-corrected chi connectivity index (χ1v) is 4.69. The lowest BCUT2D eigenvalue weighted by atomic mass is 10.1. The average molecular weight is 261 g/mol. The SMILES string of the molecule is CCc1ccc(N(C)I)cc1. The number of hydrogen-bond acceptors (Lipinski definition) is 1. The van der Waals surface area contributed by atoms with Crippen LogP contribution in [0.15, 0.2) is 24.3 Å². The maximum Gasteiger partial charge on any atom is 0.0588 e. The summed E-state index contributed by atoms with van der Waals surface area (Å²) in [6, 6.07) is 8.63. The lowest BCUT2D eigenvalue weighted by Crippen LogP contribution is -1.98. The number of benzene rings is 1. The molecule has 0 saturated heterocycles. The number of nitrogens with zero attached hydrogens (tertiary/aromatic N) is 1. The standard InChI is InChI=1S/C9H12IN/c1-3-8-4-6-9(7-5-8)11(2)10/h4-7H,3H2,1-2H3. The van der Waals surface area contributed by atoms with Gasteiger partial charge in [0.2, 0.25) is 0 Å². The molecule has 0 aromatic heterocycles. The topological polar surface area (TPSA) is 3.24 Å². The molecule has 0 radical (unpaired) electrons. The summed E-state index contributed by atoms with van der Waals surface area (Å²) < 4.78 is 2.08. The molecule has 0 unspecified atom stereocenters. The van der Waals surface area contributed by atoms with Crippen LogP contribution in [0, 0.1) is 0 Å². The maximum atomic E-state index is 2.27. The summed E-state index contributed by atoms with van der Waals surface area (Å²) in [5.41, 5.74) is 2.65. The average Bonchev–Trinajstić information content (AvgIpc) is 2.05. The predicted octanol–water partition coefficient (Wildman–Crippen LogP) is 3.04. The maximum absolute atomic E-state index is 2.27. The third-order valence-electron chi connectivity index (χ3n) is 1.70. The quantitative estimate of drug-likeness (QED) is 0.584. The van der Waals surface area contributed by atoms with Crippen LogP contribution in [0.1, 0.15) is 12.5 Å². The summed E-state index contributed by atoms with van der Waals surface area (Å²) in [7, 11) is 2.04. The van der Waals surface area contributed by atoms with Gasteiger partial charge < -0.3 is 3.11 Å². The van der Waals surface area contributed by atoms with Crippen LogP contribution in [-0.4, -0.2) is 7.05 Å². The first-order chi connectivity index (χ1) is 5.24. The van der Waals surface area contributed by atoms with Gasteiger partial charge >= 0.3 is 0 Å². The Kier molecular flexibility index (Phi) is 3.17. The molecule has 0 spiro atoms. The first kappa shape index (κ1) is 8.84. The van der Waals surface area contributed by atoms with Crippen LogP contribution in [-0.2, 0) is 6.42 Å². The molecule has 0 aliphatic carbocycles. The Bertz CT molecular complexity index is 216. The molecule has 0 heterocycles. The van der Waals surface area contributed by atoms with Crippen molar-refractivity contribution < 1.29 is 0 Å². The van der Waals surface area contributed by atoms with Crippen molar-refractivity contribution in [1.82, 2.24) is 0 Å². The molecule has 1 rings (SSSR count). The Morgan fingerprint density at radius 3 is 2.18 bits per heavy atom. The molecule has 0 atom stereocenters. The van der Waals surface area contributed by atoms with E-state index in [1.807, 2.05) is 7.05 Å². The minimum Gasteiger partial charge on any atom is -0.318 e. The second-order valence-electron chi connectivity index (χ2n) is 2.50. The van der Waals surface area contributed by atoms with E-state index in [4.69, 9.17) is 0 Å². The van der Waals surface area contributed by atoms with Crippen molar-refractivity contribution >= 4 is 28.6 Å². The third-order valence-corrected chi connectivity index (χ3v) is 2.26. The second-order valence-corrected chi connectivity index (χ2v) is 3.94. The Hall–Kier alpha value is -0.250. The van der Waals surface area contributed by atoms with Crippen LogP contribution in [0.5, 0.6) is 0 Å². The highest BCUT2D eigenvalue weighted by Crippen LogP contribution is 2.16. The molecule has 0 amide bonds. The molecule has 60 valence electrons. The van der Waals surface area contributed by atoms with Gasteiger partial charge in [-0.15, -0.1) is 0 Å². The van der Waals surface area contributed by atoms with Gasteiger partial charge in [0, 0.05) is 12.7 Å². The Morgan fingerprint density at radius 2 is 1.82 bits per heavy atom. The number of hydrogen-bond donors (Lipinski definition) is 0. The number of aryl methyl sites for hydroxylation is 1. The van der Waals surface area contributed by atoms with Gasteiger partial charge in [0.05, 0.1) is 22.9 Å². The van der Waals surface area contributed by atoms with E-state index < -0.39 is 0 Å². The molecular weight excluding hydrogens is 249 g/mol. The molecule has 0 fully saturated rings. The fourth-order valence-electron chi connectivity index (χ4n) is 0.937. The van der Waals surface area contributed by atoms with Crippen LogP contribution < -0.4 is 3.11 Å². The zero-order valence-corrected chi connectivity index (χ0v) is 9.00. The molecule has 0 N–H and O–H groups in total. The van der Waals surface area contributed by atoms with Crippen molar-refractivity contribution in [3.05, 3.63) is 29.8 Å². The summed E-state index contributed by atoms with van der Waals surface area (Å²) in [4.78, 5) is 0. The van der Waals surface area contributed by atoms with Gasteiger partial charge in [-0.2, -0.15) is 0 Å². The molecule has 0 saturated carbocycles. The number of rotatable bonds is 2. The van der Waals surface area contributed by atoms with Crippen LogP contribution in [0.4, 0.5) is 5.69 Å². The highest BCUT2D eigenvalue weighted by Gasteiger charge is 1.94. The normalized spacial score (nSPS) is 9.73. The van der Waals surface area contributed by atoms with Gasteiger partial charge in [0.25, 0.3) is 0 Å². The molecular formula is C9H12IN. The van der Waals surface area contributed by atoms with Gasteiger partial charge in [-0.1, -0.05) is 19.1 Å². The molecule has 1 nitrogen and oxygen atoms in total. The molecule has 1 aromatic rings. The van der Waals surface area contributed by atoms with E-state index >= 15 is 0 Å². The predicted molar refractivity (Wildman–Crippen MR) is 58.2 cm³/mol. The van der Waals surface area contributed by atoms with E-state index in [0.29, 0.717) is 0 Å². The molecule has 0 bridgehead atoms. The summed E-state index contributed by atoms with van der Waals surface area (Å²) in [6.07, 6.45) is 1.12. The van der Waals surface area contributed by atoms with Crippen molar-refractivity contribution in [2.75, 3.05) is 10.2 Å². The second kappa shape index (κ2) is 3.95. The zero-order chi connectivity index (χ0) is 8.27. The van der Waals surface area contributed by atoms with Gasteiger partial charge in [-0.25, -0.2) is 0 Å². The third kappa shape index (κ3) is 2.36. The van der Waals surface area contributed by atoms with Crippen LogP contribution >= 0.6 is 22.9 Å². The molecule has 0 aliphatic rings. The monoisotopic (exact) mass is 261 g/mol. The Labute approximate surface area is 81.9 Å². The van der Waals surface area contributed by atoms with Gasteiger partial charge in [0.15, 0.2) is 0 Å². The van der Waals surface area contributed by atoms with Gasteiger partial charge in [0.1, 0.15) is 0 Å². The van der Waals surface area contributed by atoms with Crippen LogP contribution in [0.25, 0.3) is 0 Å². The smallest absolute Gasteiger partial charge is 0.0588 e. The number of halogens is 1. The van der Waals surface area contributed by atoms with Crippen LogP contribution in [0.2, 0.25) is 0 Å². The zero-order valence-electron chi connectivity index (χ0n) is 6.84. The van der Waals surface area contributed by atoms with E-state index in [1.54, 1.807) is 0 Å². The van der Waals surface area contributed by atoms with Crippen molar-refractivity contribution in [3.63, 3.8) is 0 Å². The fourth-order valence-corrected chi connectivity index (χ4v) is 1.26. The Morgan fingerprint density at radius 1 is 1.27 bits per heavy atom. The molecule has 11 heavy (non-hydrogen) atoms. The van der Waals surface area contributed by atoms with Crippen molar-refractivity contribution in [2.24, 2.45) is 0 Å². The van der Waals surface area contributed by atoms with Gasteiger partial charge in [-0.3, -0.25) is 0 Å². The fraction of sp³-hybridized carbons (Fsp3) is 0.333.